The second kappa shape index (κ2) is 51.3. The predicted molar refractivity (Wildman–Crippen MR) is 429 cm³/mol. The smallest absolute Gasteiger partial charge is 0.470 e. The molecule has 842 valence electrons. The molecule has 0 saturated carbocycles. The molecule has 11 saturated heterocycles. The number of carboxylic acid groups (broad SMARTS) is 1. The van der Waals surface area contributed by atoms with Gasteiger partial charge in [0.1, 0.15) is 287 Å². The van der Waals surface area contributed by atoms with E-state index in [1.807, 2.05) is 0 Å². The summed E-state index contributed by atoms with van der Waals surface area (Å²) < 4.78 is 157. The summed E-state index contributed by atoms with van der Waals surface area (Å²) in [6.45, 7) is -15.0. The van der Waals surface area contributed by atoms with Gasteiger partial charge in [-0.2, -0.15) is 0 Å². The zero-order valence-corrected chi connectivity index (χ0v) is 76.3. The molecule has 11 heterocycles. The lowest BCUT2D eigenvalue weighted by Crippen LogP contribution is -2.71. The Balaban J connectivity index is 0.965. The number of carbonyl (C=O) groups is 1. The van der Waals surface area contributed by atoms with Crippen molar-refractivity contribution in [3.05, 3.63) is 0 Å². The van der Waals surface area contributed by atoms with Crippen molar-refractivity contribution in [1.82, 2.24) is 0 Å². The molecule has 0 radical (unpaired) electrons. The van der Waals surface area contributed by atoms with Crippen molar-refractivity contribution in [2.75, 3.05) is 72.7 Å². The molecule has 11 rings (SSSR count). The number of ether oxygens (including phenoxy) is 21. The molecule has 11 aliphatic rings. The summed E-state index contributed by atoms with van der Waals surface area (Å²) in [5.41, 5.74) is 11.8. The highest BCUT2D eigenvalue weighted by Crippen LogP contribution is 2.49. The predicted octanol–water partition coefficient (Wildman–Crippen LogP) is -28.2. The molecule has 0 aliphatic carbocycles. The van der Waals surface area contributed by atoms with Gasteiger partial charge in [-0.3, -0.25) is 9.05 Å². The first-order valence-corrected chi connectivity index (χ1v) is 47.4. The normalized spacial score (nSPS) is 49.0. The molecule has 45 N–H and O–H groups in total. The van der Waals surface area contributed by atoms with Crippen LogP contribution in [-0.4, -0.2) is 655 Å². The lowest BCUT2D eigenvalue weighted by molar-refractivity contribution is -0.419. The van der Waals surface area contributed by atoms with Crippen molar-refractivity contribution in [2.24, 2.45) is 11.5 Å². The zero-order valence-electron chi connectivity index (χ0n) is 74.5. The topological polar surface area (TPSA) is 1140 Å². The molecule has 11 aliphatic heterocycles. The van der Waals surface area contributed by atoms with Gasteiger partial charge in [0.05, 0.1) is 84.8 Å². The lowest BCUT2D eigenvalue weighted by Gasteiger charge is -2.53. The quantitative estimate of drug-likeness (QED) is 0.0252. The Kier molecular flexibility index (Phi) is 43.3. The fourth-order valence-electron chi connectivity index (χ4n) is 17.7. The summed E-state index contributed by atoms with van der Waals surface area (Å²) >= 11 is 0. The number of rotatable bonds is 42. The Bertz CT molecular complexity index is 4010. The molecular weight excluding hydrogens is 2040 g/mol. The van der Waals surface area contributed by atoms with Crippen LogP contribution in [0.3, 0.4) is 0 Å². The maximum absolute atomic E-state index is 14.0. The zero-order chi connectivity index (χ0) is 107. The minimum Gasteiger partial charge on any atom is -0.477 e. The van der Waals surface area contributed by atoms with Crippen molar-refractivity contribution in [3.63, 3.8) is 0 Å². The fraction of sp³-hybridized carbons (Fsp3) is 0.986. The highest BCUT2D eigenvalue weighted by atomic mass is 31.2. The van der Waals surface area contributed by atoms with E-state index in [1.54, 1.807) is 0 Å². The van der Waals surface area contributed by atoms with Crippen molar-refractivity contribution in [2.45, 2.75) is 374 Å². The standard InChI is InChI=1S/C73H128N2O67P2/c74-25-31(91)29(89)22(124-62(25)111)10-121-63-26(75)32(92)56(142-144(117,118)119)24(130-63)12-123-73(72(112)113)1-17(141-143(114,115)116)57(54(140-73)15(85)4-78)135-70-50(110)59(137-71-60(43(103)42(102)52(133-71)14(84)3-77)138-69-49(109)36(96)39(99)51(131-69)13(83)2-76)61(58(136-70)21(8-82)128-66-46(106)34(94)28(88)19(6-80)126-66)139-68-47(107)35(95)30(90)23(129-68)11-122-65-45(105)38(98)41(101)55(134-65)20(7-81)127-67-48(108)37(97)40(100)53(132-67)16(86)9-120-64-44(104)33(93)27(87)18(5-79)125-64/h13-71,76-111H,1-12,74-75H2,(H,112,113)(H2,114,115,116)(H2,117,118,119)/t13-,14-,15+,16+,17+,18+,19+,20+,21-,22+,23+,24+,25+,26+,27-,28+,29+,30+,31+,32+,33-,34-,35-,36-,37-,38-,39-,40-,41-,42-,43-,44+,45-,46+,47+,48-,49-,50-,51+,52+,53+,54+,55+,56+,57+,58+,59+,60-,61+,62-,63+,64+,65-,66+,67-,68-,69+,70-,71+,73+/m0/s1. The number of phosphoric ester groups is 2. The lowest BCUT2D eigenvalue weighted by atomic mass is 9.90. The van der Waals surface area contributed by atoms with Crippen LogP contribution in [0.1, 0.15) is 6.42 Å². The molecule has 0 unspecified atom stereocenters. The number of hydrogen-bond donors (Lipinski definition) is 43. The van der Waals surface area contributed by atoms with E-state index >= 15 is 0 Å². The van der Waals surface area contributed by atoms with Crippen molar-refractivity contribution in [3.8, 4) is 0 Å². The Morgan fingerprint density at radius 2 is 0.681 bits per heavy atom. The van der Waals surface area contributed by atoms with Crippen molar-refractivity contribution < 1.29 is 331 Å². The number of hydrogen-bond acceptors (Lipinski definition) is 64. The van der Waals surface area contributed by atoms with Gasteiger partial charge >= 0.3 is 21.6 Å². The molecule has 69 nitrogen and oxygen atoms in total. The molecular formula is C73H128N2O67P2. The molecule has 0 aromatic heterocycles. The average molecular weight is 2170 g/mol. The minimum absolute atomic E-state index is 0.933. The first-order chi connectivity index (χ1) is 67.5. The minimum atomic E-state index is -6.40. The van der Waals surface area contributed by atoms with Crippen LogP contribution in [0.2, 0.25) is 0 Å². The number of phosphoric acid groups is 2. The van der Waals surface area contributed by atoms with Crippen LogP contribution in [0.5, 0.6) is 0 Å². The summed E-state index contributed by atoms with van der Waals surface area (Å²) in [4.78, 5) is 55.7. The maximum Gasteiger partial charge on any atom is 0.470 e. The molecule has 0 bridgehead atoms. The van der Waals surface area contributed by atoms with Crippen LogP contribution >= 0.6 is 15.6 Å². The van der Waals surface area contributed by atoms with E-state index in [2.05, 4.69) is 0 Å². The number of carboxylic acids is 1. The number of aliphatic carboxylic acids is 1. The van der Waals surface area contributed by atoms with E-state index < -0.39 is 468 Å². The molecule has 0 spiro atoms. The number of nitrogens with two attached hydrogens (primary N) is 2. The first-order valence-electron chi connectivity index (χ1n) is 44.3. The maximum atomic E-state index is 14.0. The summed E-state index contributed by atoms with van der Waals surface area (Å²) in [7, 11) is -12.3. The monoisotopic (exact) mass is 2170 g/mol. The largest absolute Gasteiger partial charge is 0.477 e. The first kappa shape index (κ1) is 122. The molecule has 0 aromatic rings. The van der Waals surface area contributed by atoms with Gasteiger partial charge in [0.15, 0.2) is 62.9 Å². The van der Waals surface area contributed by atoms with E-state index in [0.29, 0.717) is 0 Å². The summed E-state index contributed by atoms with van der Waals surface area (Å²) in [6, 6.07) is -3.64. The third-order valence-corrected chi connectivity index (χ3v) is 26.9. The van der Waals surface area contributed by atoms with Gasteiger partial charge < -0.3 is 319 Å². The molecule has 11 fully saturated rings. The second-order valence-corrected chi connectivity index (χ2v) is 38.0. The Morgan fingerprint density at radius 1 is 0.312 bits per heavy atom. The molecule has 0 amide bonds. The fourth-order valence-corrected chi connectivity index (χ4v) is 18.8. The molecule has 60 atom stereocenters. The van der Waals surface area contributed by atoms with Gasteiger partial charge in [0.25, 0.3) is 5.79 Å². The van der Waals surface area contributed by atoms with Gasteiger partial charge in [0, 0.05) is 6.42 Å². The molecule has 144 heavy (non-hydrogen) atoms. The van der Waals surface area contributed by atoms with Gasteiger partial charge in [-0.1, -0.05) is 0 Å². The Hall–Kier alpha value is -2.67. The van der Waals surface area contributed by atoms with Crippen molar-refractivity contribution >= 4 is 21.6 Å². The highest BCUT2D eigenvalue weighted by Gasteiger charge is 2.66. The summed E-state index contributed by atoms with van der Waals surface area (Å²) in [5, 5.41) is 412. The number of aliphatic hydroxyl groups is 36. The van der Waals surface area contributed by atoms with Crippen LogP contribution in [0.25, 0.3) is 0 Å². The third-order valence-electron chi connectivity index (χ3n) is 25.9. The van der Waals surface area contributed by atoms with Gasteiger partial charge in [0.2, 0.25) is 0 Å². The van der Waals surface area contributed by atoms with E-state index in [-0.39, 0.29) is 0 Å². The summed E-state index contributed by atoms with van der Waals surface area (Å²) in [5.74, 6) is -6.30. The Morgan fingerprint density at radius 3 is 1.19 bits per heavy atom. The van der Waals surface area contributed by atoms with E-state index in [4.69, 9.17) is 120 Å². The second-order valence-electron chi connectivity index (χ2n) is 35.7. The van der Waals surface area contributed by atoms with Crippen LogP contribution < -0.4 is 11.5 Å². The molecule has 0 aromatic carbocycles. The third kappa shape index (κ3) is 27.0. The van der Waals surface area contributed by atoms with Gasteiger partial charge in [-0.05, 0) is 0 Å². The van der Waals surface area contributed by atoms with Gasteiger partial charge in [-0.25, -0.2) is 13.9 Å². The van der Waals surface area contributed by atoms with Crippen LogP contribution in [0.4, 0.5) is 0 Å². The van der Waals surface area contributed by atoms with Crippen LogP contribution in [0, 0.1) is 0 Å². The molecule has 71 heteroatoms. The SMILES string of the molecule is N[C@@H]1[C@@H](O)[C@H](O)[C@@H](CO[C@@H]2O[C@H](CO[C@]3(C(=O)O)C[C@@H](OP(=O)(O)O)[C@@H](O[C@H]4O[C@H]([C@H](CO)O[C@H]5O[C@H](CO)[C@@H](O)[C@H](O)[C@H]5O)[C@@H](O[C@@H]5O[C@H](CO[C@H]6O[C@H]([C@@H](CO)O[C@H]7O[C@H]([C@H](O)CO[C@@H]8O[C@H](CO)[C@H](O)[C@H](O)[C@H]8O)[C@@H](O)[C@H](O)[C@@H]7O)[C@@H](O)[C@H](O)[C@@H]6O)[C@@H](O)[C@H](O)[C@H]5O)[C@H](O[C@H]5O[C@H]([C@@H](O)CO)[C@@H](O)[C@H](O)[C@@H]5O[C@H]5O[C@H]([C@@H](O)CO)[C@@H](O)[C@H](O)[C@@H]5O)[C@@H]4O)[C@@H]([C@H](O)CO)O3)[C@@H](OP(=O)(O)O)[C@H](O)[C@H]2N)O[C@@H]1O. The number of aliphatic hydroxyl groups excluding tert-OH is 36. The van der Waals surface area contributed by atoms with E-state index in [1.165, 1.54) is 0 Å². The van der Waals surface area contributed by atoms with E-state index in [0.717, 1.165) is 0 Å². The Labute approximate surface area is 808 Å². The highest BCUT2D eigenvalue weighted by molar-refractivity contribution is 7.46. The summed E-state index contributed by atoms with van der Waals surface area (Å²) in [6.07, 6.45) is -142. The van der Waals surface area contributed by atoms with Crippen LogP contribution in [-0.2, 0) is 122 Å². The van der Waals surface area contributed by atoms with Crippen molar-refractivity contribution in [1.29, 1.82) is 0 Å². The van der Waals surface area contributed by atoms with Crippen LogP contribution in [0.15, 0.2) is 0 Å². The average Bonchev–Trinajstić information content (AvgIpc) is 0.744. The van der Waals surface area contributed by atoms with Gasteiger partial charge in [-0.15, -0.1) is 0 Å². The van der Waals surface area contributed by atoms with E-state index in [9.17, 15) is 222 Å².